The number of rotatable bonds is 5. The normalized spacial score (nSPS) is 47.0. The zero-order chi connectivity index (χ0) is 24.0. The molecule has 0 aromatic carbocycles. The van der Waals surface area contributed by atoms with Crippen molar-refractivity contribution in [3.05, 3.63) is 0 Å². The van der Waals surface area contributed by atoms with Gasteiger partial charge in [-0.1, -0.05) is 55.4 Å². The van der Waals surface area contributed by atoms with Gasteiger partial charge in [0, 0.05) is 6.42 Å². The second kappa shape index (κ2) is 7.82. The second-order valence-corrected chi connectivity index (χ2v) is 19.6. The van der Waals surface area contributed by atoms with Gasteiger partial charge in [0.25, 0.3) is 0 Å². The largest absolute Gasteiger partial charge is 0.462 e. The van der Waals surface area contributed by atoms with E-state index in [4.69, 9.17) is 9.16 Å². The van der Waals surface area contributed by atoms with Crippen molar-refractivity contribution < 1.29 is 14.0 Å². The zero-order valence-electron chi connectivity index (χ0n) is 22.7. The van der Waals surface area contributed by atoms with E-state index in [1.165, 1.54) is 38.5 Å². The van der Waals surface area contributed by atoms with E-state index in [9.17, 15) is 4.79 Å². The van der Waals surface area contributed by atoms with Crippen molar-refractivity contribution in [1.29, 1.82) is 0 Å². The van der Waals surface area contributed by atoms with Crippen LogP contribution in [0.1, 0.15) is 113 Å². The fourth-order valence-corrected chi connectivity index (χ4v) is 16.5. The lowest BCUT2D eigenvalue weighted by molar-refractivity contribution is -0.174. The van der Waals surface area contributed by atoms with E-state index in [0.717, 1.165) is 31.1 Å². The van der Waals surface area contributed by atoms with Crippen LogP contribution in [0.25, 0.3) is 0 Å². The summed E-state index contributed by atoms with van der Waals surface area (Å²) < 4.78 is 13.4. The summed E-state index contributed by atoms with van der Waals surface area (Å²) in [5, 5.41) is 0. The minimum atomic E-state index is -1.88. The SMILES string of the molecule is CC(C)[Si](O[C@H]1CC[C@H]2[C@@H]3CC[C@]45C[C@H](CC[C@]4(C)[C@H]3CC[C@]12C)OC5=O)(C(C)C)C(C)C. The third-order valence-electron chi connectivity index (χ3n) is 12.4. The van der Waals surface area contributed by atoms with E-state index < -0.39 is 8.32 Å². The van der Waals surface area contributed by atoms with Crippen LogP contribution in [0, 0.1) is 34.0 Å². The molecule has 5 rings (SSSR count). The number of hydrogen-bond donors (Lipinski definition) is 0. The number of fused-ring (bicyclic) bond motifs is 5. The van der Waals surface area contributed by atoms with Crippen LogP contribution < -0.4 is 0 Å². The van der Waals surface area contributed by atoms with Gasteiger partial charge in [-0.25, -0.2) is 0 Å². The summed E-state index contributed by atoms with van der Waals surface area (Å²) in [5.74, 6) is 2.39. The standard InChI is InChI=1S/C29H50O3Si/c1-18(2)33(19(3)4,20(5)6)32-25-10-9-23-22-12-16-29-17-21(31-26(29)30)11-15-28(29,8)24(22)13-14-27(23,25)7/h18-25H,9-17H2,1-8H3/t21-,22-,23-,24-,25-,27-,28+,29+/m0/s1. The van der Waals surface area contributed by atoms with E-state index in [-0.39, 0.29) is 22.9 Å². The van der Waals surface area contributed by atoms with Gasteiger partial charge < -0.3 is 9.16 Å². The summed E-state index contributed by atoms with van der Waals surface area (Å²) in [6.07, 6.45) is 11.4. The predicted octanol–water partition coefficient (Wildman–Crippen LogP) is 7.89. The summed E-state index contributed by atoms with van der Waals surface area (Å²) in [5.41, 5.74) is 2.23. The first-order chi connectivity index (χ1) is 15.4. The van der Waals surface area contributed by atoms with E-state index in [1.54, 1.807) is 0 Å². The summed E-state index contributed by atoms with van der Waals surface area (Å²) in [6.45, 7) is 19.7. The molecule has 1 heterocycles. The van der Waals surface area contributed by atoms with Gasteiger partial charge in [-0.2, -0.15) is 0 Å². The van der Waals surface area contributed by atoms with Gasteiger partial charge >= 0.3 is 5.97 Å². The number of carbonyl (C=O) groups is 1. The summed E-state index contributed by atoms with van der Waals surface area (Å²) >= 11 is 0. The average Bonchev–Trinajstić information content (AvgIpc) is 3.21. The number of hydrogen-bond acceptors (Lipinski definition) is 3. The van der Waals surface area contributed by atoms with Crippen LogP contribution in [0.5, 0.6) is 0 Å². The first-order valence-electron chi connectivity index (χ1n) is 14.3. The predicted molar refractivity (Wildman–Crippen MR) is 136 cm³/mol. The Morgan fingerprint density at radius 3 is 2.15 bits per heavy atom. The lowest BCUT2D eigenvalue weighted by atomic mass is 9.40. The molecular weight excluding hydrogens is 424 g/mol. The van der Waals surface area contributed by atoms with E-state index in [0.29, 0.717) is 34.1 Å². The zero-order valence-corrected chi connectivity index (χ0v) is 23.7. The first-order valence-corrected chi connectivity index (χ1v) is 16.5. The van der Waals surface area contributed by atoms with Crippen LogP contribution in [0.15, 0.2) is 0 Å². The Hall–Kier alpha value is -0.353. The van der Waals surface area contributed by atoms with Crippen LogP contribution in [-0.4, -0.2) is 26.5 Å². The molecule has 188 valence electrons. The van der Waals surface area contributed by atoms with Gasteiger partial charge in [0.15, 0.2) is 0 Å². The summed E-state index contributed by atoms with van der Waals surface area (Å²) in [6, 6.07) is 0. The maximum atomic E-state index is 13.1. The van der Waals surface area contributed by atoms with Crippen molar-refractivity contribution in [1.82, 2.24) is 0 Å². The van der Waals surface area contributed by atoms with E-state index in [1.807, 2.05) is 0 Å². The lowest BCUT2D eigenvalue weighted by Crippen LogP contribution is -2.60. The first kappa shape index (κ1) is 24.3. The lowest BCUT2D eigenvalue weighted by Gasteiger charge is -2.62. The van der Waals surface area contributed by atoms with Crippen molar-refractivity contribution in [2.24, 2.45) is 34.0 Å². The highest BCUT2D eigenvalue weighted by Gasteiger charge is 2.70. The third kappa shape index (κ3) is 3.04. The van der Waals surface area contributed by atoms with Gasteiger partial charge in [-0.15, -0.1) is 0 Å². The Morgan fingerprint density at radius 2 is 1.52 bits per heavy atom. The topological polar surface area (TPSA) is 35.5 Å². The Bertz CT molecular complexity index is 770. The van der Waals surface area contributed by atoms with Gasteiger partial charge in [-0.3, -0.25) is 4.79 Å². The Morgan fingerprint density at radius 1 is 0.848 bits per heavy atom. The van der Waals surface area contributed by atoms with Crippen molar-refractivity contribution in [2.45, 2.75) is 142 Å². The molecule has 4 aliphatic carbocycles. The Kier molecular flexibility index (Phi) is 5.77. The third-order valence-corrected chi connectivity index (χ3v) is 18.6. The highest BCUT2D eigenvalue weighted by atomic mass is 28.4. The number of carbonyl (C=O) groups excluding carboxylic acids is 1. The van der Waals surface area contributed by atoms with Gasteiger partial charge in [0.1, 0.15) is 6.10 Å². The Balaban J connectivity index is 1.42. The molecule has 1 aliphatic heterocycles. The minimum absolute atomic E-state index is 0.145. The smallest absolute Gasteiger partial charge is 0.313 e. The van der Waals surface area contributed by atoms with Crippen molar-refractivity contribution in [3.63, 3.8) is 0 Å². The Labute approximate surface area is 204 Å². The van der Waals surface area contributed by atoms with Crippen molar-refractivity contribution >= 4 is 14.3 Å². The van der Waals surface area contributed by atoms with E-state index in [2.05, 4.69) is 55.4 Å². The molecule has 0 unspecified atom stereocenters. The molecule has 0 aromatic rings. The molecule has 5 fully saturated rings. The fraction of sp³-hybridized carbons (Fsp3) is 0.966. The molecule has 1 saturated heterocycles. The van der Waals surface area contributed by atoms with Crippen molar-refractivity contribution in [2.75, 3.05) is 0 Å². The van der Waals surface area contributed by atoms with Gasteiger partial charge in [-0.05, 0) is 96.6 Å². The highest BCUT2D eigenvalue weighted by Crippen LogP contribution is 2.72. The maximum absolute atomic E-state index is 13.1. The quantitative estimate of drug-likeness (QED) is 0.300. The molecule has 4 heteroatoms. The molecule has 33 heavy (non-hydrogen) atoms. The molecule has 3 nitrogen and oxygen atoms in total. The molecule has 0 N–H and O–H groups in total. The average molecular weight is 475 g/mol. The second-order valence-electron chi connectivity index (χ2n) is 14.2. The van der Waals surface area contributed by atoms with Crippen LogP contribution in [0.3, 0.4) is 0 Å². The molecule has 1 spiro atoms. The molecular formula is C29H50O3Si. The molecule has 4 saturated carbocycles. The van der Waals surface area contributed by atoms with Gasteiger partial charge in [0.05, 0.1) is 11.5 Å². The minimum Gasteiger partial charge on any atom is -0.462 e. The molecule has 8 atom stereocenters. The van der Waals surface area contributed by atoms with Gasteiger partial charge in [0.2, 0.25) is 8.32 Å². The monoisotopic (exact) mass is 474 g/mol. The van der Waals surface area contributed by atoms with Crippen LogP contribution in [0.2, 0.25) is 16.6 Å². The van der Waals surface area contributed by atoms with Crippen LogP contribution >= 0.6 is 0 Å². The molecule has 2 bridgehead atoms. The highest BCUT2D eigenvalue weighted by molar-refractivity contribution is 6.77. The molecule has 0 radical (unpaired) electrons. The molecule has 5 aliphatic rings. The number of esters is 1. The van der Waals surface area contributed by atoms with Crippen molar-refractivity contribution in [3.8, 4) is 0 Å². The number of ether oxygens (including phenoxy) is 1. The summed E-state index contributed by atoms with van der Waals surface area (Å²) in [7, 11) is -1.88. The van der Waals surface area contributed by atoms with Crippen LogP contribution in [-0.2, 0) is 14.0 Å². The van der Waals surface area contributed by atoms with E-state index >= 15 is 0 Å². The maximum Gasteiger partial charge on any atom is 0.313 e. The fourth-order valence-electron chi connectivity index (χ4n) is 10.8. The molecule has 0 aromatic heterocycles. The molecule has 0 amide bonds. The summed E-state index contributed by atoms with van der Waals surface area (Å²) in [4.78, 5) is 13.1. The van der Waals surface area contributed by atoms with Crippen LogP contribution in [0.4, 0.5) is 0 Å².